The second kappa shape index (κ2) is 6.39. The van der Waals surface area contributed by atoms with Crippen LogP contribution in [0, 0.1) is 0 Å². The van der Waals surface area contributed by atoms with Gasteiger partial charge < -0.3 is 16.0 Å². The number of rotatable bonds is 5. The van der Waals surface area contributed by atoms with Crippen molar-refractivity contribution in [3.63, 3.8) is 0 Å². The van der Waals surface area contributed by atoms with Crippen LogP contribution in [0.25, 0.3) is 0 Å². The molecule has 0 saturated heterocycles. The van der Waals surface area contributed by atoms with E-state index in [9.17, 15) is 14.0 Å². The Morgan fingerprint density at radius 2 is 1.90 bits per heavy atom. The molecule has 3 amide bonds. The lowest BCUT2D eigenvalue weighted by molar-refractivity contribution is -0.119. The predicted octanol–water partition coefficient (Wildman–Crippen LogP) is 2.63. The Kier molecular flexibility index (Phi) is 4.57. The van der Waals surface area contributed by atoms with E-state index >= 15 is 0 Å². The zero-order valence-electron chi connectivity index (χ0n) is 11.8. The lowest BCUT2D eigenvalue weighted by Crippen LogP contribution is -2.30. The first kappa shape index (κ1) is 15.0. The van der Waals surface area contributed by atoms with E-state index in [1.165, 1.54) is 0 Å². The van der Waals surface area contributed by atoms with Crippen molar-refractivity contribution < 1.29 is 14.0 Å². The largest absolute Gasteiger partial charge is 0.344 e. The van der Waals surface area contributed by atoms with Gasteiger partial charge >= 0.3 is 6.03 Å². The van der Waals surface area contributed by atoms with E-state index < -0.39 is 11.7 Å². The van der Waals surface area contributed by atoms with Crippen LogP contribution in [-0.2, 0) is 4.79 Å². The summed E-state index contributed by atoms with van der Waals surface area (Å²) in [6.45, 7) is 4.68. The highest BCUT2D eigenvalue weighted by Gasteiger charge is 2.23. The number of carbonyl (C=O) groups excluding carboxylic acids is 2. The third kappa shape index (κ3) is 4.59. The Labute approximate surface area is 122 Å². The van der Waals surface area contributed by atoms with Gasteiger partial charge in [0.05, 0.1) is 6.04 Å². The minimum Gasteiger partial charge on any atom is -0.344 e. The van der Waals surface area contributed by atoms with Crippen LogP contribution in [0.1, 0.15) is 31.4 Å². The molecule has 0 bridgehead atoms. The van der Waals surface area contributed by atoms with Crippen molar-refractivity contribution >= 4 is 17.6 Å². The van der Waals surface area contributed by atoms with Crippen molar-refractivity contribution in [3.8, 4) is 0 Å². The number of nitrogens with one attached hydrogen (secondary N) is 3. The molecule has 0 heterocycles. The molecule has 3 N–H and O–H groups in total. The number of carbonyl (C=O) groups is 2. The average molecular weight is 291 g/mol. The highest BCUT2D eigenvalue weighted by Crippen LogP contribution is 2.19. The Balaban J connectivity index is 1.89. The molecule has 1 saturated carbocycles. The quantitative estimate of drug-likeness (QED) is 0.730. The maximum atomic E-state index is 12.6. The molecular formula is C15H18FN3O2. The van der Waals surface area contributed by atoms with Crippen LogP contribution < -0.4 is 16.0 Å². The molecule has 1 aliphatic rings. The Hall–Kier alpha value is -2.37. The summed E-state index contributed by atoms with van der Waals surface area (Å²) in [5.41, 5.74) is 1.46. The van der Waals surface area contributed by atoms with Crippen molar-refractivity contribution in [2.75, 3.05) is 5.32 Å². The topological polar surface area (TPSA) is 70.2 Å². The molecule has 0 spiro atoms. The van der Waals surface area contributed by atoms with Gasteiger partial charge in [0, 0.05) is 11.7 Å². The number of hydrogen-bond donors (Lipinski definition) is 3. The van der Waals surface area contributed by atoms with E-state index in [-0.39, 0.29) is 12.1 Å². The summed E-state index contributed by atoms with van der Waals surface area (Å²) < 4.78 is 12.6. The van der Waals surface area contributed by atoms with Gasteiger partial charge in [-0.15, -0.1) is 0 Å². The number of benzene rings is 1. The third-order valence-electron chi connectivity index (χ3n) is 3.18. The zero-order chi connectivity index (χ0) is 15.4. The molecule has 0 aromatic heterocycles. The van der Waals surface area contributed by atoms with Gasteiger partial charge in [-0.1, -0.05) is 18.7 Å². The van der Waals surface area contributed by atoms with Crippen molar-refractivity contribution in [2.45, 2.75) is 31.8 Å². The number of urea groups is 1. The van der Waals surface area contributed by atoms with E-state index in [1.54, 1.807) is 31.2 Å². The van der Waals surface area contributed by atoms with Crippen LogP contribution in [0.3, 0.4) is 0 Å². The molecule has 1 aromatic carbocycles. The fourth-order valence-corrected chi connectivity index (χ4v) is 1.79. The molecule has 21 heavy (non-hydrogen) atoms. The monoisotopic (exact) mass is 291 g/mol. The second-order valence-electron chi connectivity index (χ2n) is 5.09. The van der Waals surface area contributed by atoms with Gasteiger partial charge in [-0.3, -0.25) is 4.79 Å². The highest BCUT2D eigenvalue weighted by atomic mass is 19.1. The van der Waals surface area contributed by atoms with Gasteiger partial charge in [0.1, 0.15) is 0 Å². The molecule has 1 aliphatic carbocycles. The highest BCUT2D eigenvalue weighted by molar-refractivity contribution is 5.91. The fourth-order valence-electron chi connectivity index (χ4n) is 1.79. The molecule has 1 aromatic rings. The Bertz CT molecular complexity index is 553. The number of anilines is 1. The van der Waals surface area contributed by atoms with Gasteiger partial charge in [-0.2, -0.15) is 0 Å². The number of amides is 3. The summed E-state index contributed by atoms with van der Waals surface area (Å²) in [6.07, 6.45) is 2.06. The minimum atomic E-state index is -1.02. The van der Waals surface area contributed by atoms with Gasteiger partial charge in [-0.25, -0.2) is 9.18 Å². The van der Waals surface area contributed by atoms with Gasteiger partial charge in [0.15, 0.2) is 5.83 Å². The minimum absolute atomic E-state index is 0.222. The fraction of sp³-hybridized carbons (Fsp3) is 0.333. The average Bonchev–Trinajstić information content (AvgIpc) is 3.23. The zero-order valence-corrected chi connectivity index (χ0v) is 11.8. The lowest BCUT2D eigenvalue weighted by atomic mass is 10.1. The number of halogens is 1. The molecule has 0 radical (unpaired) electrons. The summed E-state index contributed by atoms with van der Waals surface area (Å²) >= 11 is 0. The van der Waals surface area contributed by atoms with E-state index in [0.29, 0.717) is 11.7 Å². The first-order valence-electron chi connectivity index (χ1n) is 6.78. The van der Waals surface area contributed by atoms with Gasteiger partial charge in [-0.05, 0) is 37.5 Å². The van der Waals surface area contributed by atoms with Crippen LogP contribution in [0.15, 0.2) is 36.7 Å². The predicted molar refractivity (Wildman–Crippen MR) is 78.4 cm³/mol. The van der Waals surface area contributed by atoms with E-state index in [4.69, 9.17) is 0 Å². The second-order valence-corrected chi connectivity index (χ2v) is 5.09. The maximum Gasteiger partial charge on any atom is 0.319 e. The molecule has 1 atom stereocenters. The molecule has 6 heteroatoms. The third-order valence-corrected chi connectivity index (χ3v) is 3.18. The molecule has 5 nitrogen and oxygen atoms in total. The molecule has 1 fully saturated rings. The van der Waals surface area contributed by atoms with Crippen molar-refractivity contribution in [1.82, 2.24) is 10.6 Å². The van der Waals surface area contributed by atoms with Crippen molar-refractivity contribution in [2.24, 2.45) is 0 Å². The van der Waals surface area contributed by atoms with Crippen molar-refractivity contribution in [1.29, 1.82) is 0 Å². The first-order valence-corrected chi connectivity index (χ1v) is 6.78. The lowest BCUT2D eigenvalue weighted by Gasteiger charge is -2.14. The Morgan fingerprint density at radius 1 is 1.29 bits per heavy atom. The van der Waals surface area contributed by atoms with Crippen LogP contribution in [-0.4, -0.2) is 18.0 Å². The summed E-state index contributed by atoms with van der Waals surface area (Å²) in [6, 6.07) is 6.72. The Morgan fingerprint density at radius 3 is 2.43 bits per heavy atom. The summed E-state index contributed by atoms with van der Waals surface area (Å²) in [4.78, 5) is 22.8. The maximum absolute atomic E-state index is 12.6. The molecular weight excluding hydrogens is 273 g/mol. The molecule has 1 unspecified atom stereocenters. The van der Waals surface area contributed by atoms with E-state index in [1.807, 2.05) is 0 Å². The van der Waals surface area contributed by atoms with Crippen LogP contribution in [0.2, 0.25) is 0 Å². The summed E-state index contributed by atoms with van der Waals surface area (Å²) in [7, 11) is 0. The SMILES string of the molecule is C=C(F)C(=O)NC(C)c1ccc(NC(=O)NC2CC2)cc1. The molecule has 112 valence electrons. The standard InChI is InChI=1S/C15H18FN3O2/c1-9(16)14(20)17-10(2)11-3-5-12(6-4-11)18-15(21)19-13-7-8-13/h3-6,10,13H,1,7-8H2,2H3,(H,17,20)(H2,18,19,21). The number of hydrogen-bond acceptors (Lipinski definition) is 2. The van der Waals surface area contributed by atoms with Crippen LogP contribution >= 0.6 is 0 Å². The van der Waals surface area contributed by atoms with Crippen molar-refractivity contribution in [3.05, 3.63) is 42.2 Å². The normalized spacial score (nSPS) is 15.0. The van der Waals surface area contributed by atoms with Gasteiger partial charge in [0.25, 0.3) is 5.91 Å². The van der Waals surface area contributed by atoms with E-state index in [2.05, 4.69) is 22.5 Å². The van der Waals surface area contributed by atoms with Gasteiger partial charge in [0.2, 0.25) is 0 Å². The molecule has 2 rings (SSSR count). The summed E-state index contributed by atoms with van der Waals surface area (Å²) in [5, 5.41) is 8.02. The smallest absolute Gasteiger partial charge is 0.319 e. The van der Waals surface area contributed by atoms with E-state index in [0.717, 1.165) is 18.4 Å². The molecule has 0 aliphatic heterocycles. The summed E-state index contributed by atoms with van der Waals surface area (Å²) in [5.74, 6) is -1.84. The first-order chi connectivity index (χ1) is 9.95. The van der Waals surface area contributed by atoms with Crippen LogP contribution in [0.5, 0.6) is 0 Å². The van der Waals surface area contributed by atoms with Crippen LogP contribution in [0.4, 0.5) is 14.9 Å².